The van der Waals surface area contributed by atoms with Gasteiger partial charge in [-0.2, -0.15) is 5.26 Å². The lowest BCUT2D eigenvalue weighted by Gasteiger charge is -2.30. The molecule has 0 aliphatic carbocycles. The van der Waals surface area contributed by atoms with E-state index in [0.29, 0.717) is 78.1 Å². The molecule has 1 amide bonds. The fourth-order valence-corrected chi connectivity index (χ4v) is 7.08. The second kappa shape index (κ2) is 12.9. The number of hydrogen-bond donors (Lipinski definition) is 3. The molecule has 48 heavy (non-hydrogen) atoms. The highest BCUT2D eigenvalue weighted by atomic mass is 35.5. The number of piperidine rings is 1. The van der Waals surface area contributed by atoms with Crippen LogP contribution in [-0.2, 0) is 31.4 Å². The predicted molar refractivity (Wildman–Crippen MR) is 182 cm³/mol. The van der Waals surface area contributed by atoms with Crippen LogP contribution in [0.1, 0.15) is 51.5 Å². The van der Waals surface area contributed by atoms with Gasteiger partial charge in [0.15, 0.2) is 11.4 Å². The number of rotatable bonds is 7. The van der Waals surface area contributed by atoms with Gasteiger partial charge in [-0.3, -0.25) is 14.5 Å². The van der Waals surface area contributed by atoms with Crippen molar-refractivity contribution in [2.24, 2.45) is 13.0 Å². The maximum absolute atomic E-state index is 13.3. The van der Waals surface area contributed by atoms with E-state index in [1.165, 1.54) is 0 Å². The van der Waals surface area contributed by atoms with E-state index in [9.17, 15) is 20.0 Å². The number of imidazole rings is 1. The maximum Gasteiger partial charge on any atom is 0.306 e. The van der Waals surface area contributed by atoms with E-state index in [4.69, 9.17) is 21.0 Å². The van der Waals surface area contributed by atoms with E-state index < -0.39 is 5.97 Å². The summed E-state index contributed by atoms with van der Waals surface area (Å²) in [6, 6.07) is 17.3. The molecule has 2 aromatic heterocycles. The number of anilines is 1. The molecule has 11 nitrogen and oxygen atoms in total. The number of carboxylic acid groups (broad SMARTS) is 1. The van der Waals surface area contributed by atoms with Crippen LogP contribution in [0.3, 0.4) is 0 Å². The first-order valence-electron chi connectivity index (χ1n) is 16.0. The molecule has 3 N–H and O–H groups in total. The molecule has 4 heterocycles. The summed E-state index contributed by atoms with van der Waals surface area (Å²) in [6.07, 6.45) is 2.02. The monoisotopic (exact) mass is 663 g/mol. The molecule has 2 aliphatic rings. The Bertz CT molecular complexity index is 2120. The Morgan fingerprint density at radius 1 is 1.12 bits per heavy atom. The fourth-order valence-electron chi connectivity index (χ4n) is 6.81. The Hall–Kier alpha value is -5.02. The molecule has 0 radical (unpaired) electrons. The largest absolute Gasteiger partial charge is 0.481 e. The van der Waals surface area contributed by atoms with Gasteiger partial charge < -0.3 is 24.7 Å². The molecular weight excluding hydrogens is 630 g/mol. The standard InChI is InChI=1S/C36H34ClN7O4/c1-20-24(26-7-4-8-27(31(26)37)41-34(45)33-40-29-18-39-12-9-30(29)43(33)2)5-3-6-25(20)35-42-28-16-21(15-23(17-38)32(28)48-35)19-44-13-10-22(11-14-44)36(46)47/h3-8,15-16,22,39H,9-14,18-19H2,1-2H3,(H,41,45)(H,46,47). The molecule has 0 atom stereocenters. The van der Waals surface area contributed by atoms with Gasteiger partial charge in [0.2, 0.25) is 5.89 Å². The number of nitriles is 1. The van der Waals surface area contributed by atoms with E-state index in [1.54, 1.807) is 6.07 Å². The summed E-state index contributed by atoms with van der Waals surface area (Å²) in [5, 5.41) is 25.9. The van der Waals surface area contributed by atoms with Crippen molar-refractivity contribution in [2.75, 3.05) is 25.0 Å². The smallest absolute Gasteiger partial charge is 0.306 e. The van der Waals surface area contributed by atoms with Crippen LogP contribution < -0.4 is 10.6 Å². The molecular formula is C36H34ClN7O4. The zero-order valence-electron chi connectivity index (χ0n) is 26.6. The number of carboxylic acids is 1. The van der Waals surface area contributed by atoms with Crippen LogP contribution in [0.25, 0.3) is 33.7 Å². The molecule has 12 heteroatoms. The molecule has 0 spiro atoms. The Balaban J connectivity index is 1.16. The summed E-state index contributed by atoms with van der Waals surface area (Å²) in [7, 11) is 1.86. The molecule has 0 unspecified atom stereocenters. The van der Waals surface area contributed by atoms with Crippen molar-refractivity contribution in [1.29, 1.82) is 5.26 Å². The number of nitrogens with one attached hydrogen (secondary N) is 2. The number of likely N-dealkylation sites (tertiary alicyclic amines) is 1. The second-order valence-electron chi connectivity index (χ2n) is 12.4. The zero-order valence-corrected chi connectivity index (χ0v) is 27.4. The summed E-state index contributed by atoms with van der Waals surface area (Å²) < 4.78 is 8.07. The van der Waals surface area contributed by atoms with Crippen LogP contribution in [0.2, 0.25) is 5.02 Å². The SMILES string of the molecule is Cc1c(-c2nc3cc(CN4CCC(C(=O)O)CC4)cc(C#N)c3o2)cccc1-c1cccc(NC(=O)c2nc3c(n2C)CCNC3)c1Cl. The minimum absolute atomic E-state index is 0.304. The predicted octanol–water partition coefficient (Wildman–Crippen LogP) is 5.92. The first-order chi connectivity index (χ1) is 23.2. The third-order valence-corrected chi connectivity index (χ3v) is 9.85. The van der Waals surface area contributed by atoms with Crippen molar-refractivity contribution >= 4 is 40.3 Å². The molecule has 1 saturated heterocycles. The number of nitrogens with zero attached hydrogens (tertiary/aromatic N) is 5. The molecule has 7 rings (SSSR count). The Morgan fingerprint density at radius 2 is 1.88 bits per heavy atom. The van der Waals surface area contributed by atoms with Crippen LogP contribution in [0.4, 0.5) is 5.69 Å². The maximum atomic E-state index is 13.3. The third kappa shape index (κ3) is 5.83. The van der Waals surface area contributed by atoms with Gasteiger partial charge in [-0.15, -0.1) is 0 Å². The highest BCUT2D eigenvalue weighted by molar-refractivity contribution is 6.36. The van der Waals surface area contributed by atoms with Crippen molar-refractivity contribution in [3.8, 4) is 28.7 Å². The highest BCUT2D eigenvalue weighted by Crippen LogP contribution is 2.39. The Labute approximate surface area is 282 Å². The van der Waals surface area contributed by atoms with Crippen LogP contribution in [0.5, 0.6) is 0 Å². The quantitative estimate of drug-likeness (QED) is 0.193. The average molecular weight is 664 g/mol. The fraction of sp³-hybridized carbons (Fsp3) is 0.306. The van der Waals surface area contributed by atoms with E-state index in [-0.39, 0.29) is 11.8 Å². The first-order valence-corrected chi connectivity index (χ1v) is 16.3. The second-order valence-corrected chi connectivity index (χ2v) is 12.8. The number of aliphatic carboxylic acids is 1. The van der Waals surface area contributed by atoms with Crippen LogP contribution in [0.15, 0.2) is 52.9 Å². The molecule has 244 valence electrons. The van der Waals surface area contributed by atoms with Gasteiger partial charge in [-0.1, -0.05) is 35.9 Å². The number of fused-ring (bicyclic) bond motifs is 2. The minimum Gasteiger partial charge on any atom is -0.481 e. The van der Waals surface area contributed by atoms with Crippen molar-refractivity contribution in [3.05, 3.63) is 87.5 Å². The van der Waals surface area contributed by atoms with Crippen molar-refractivity contribution in [1.82, 2.24) is 24.8 Å². The molecule has 0 saturated carbocycles. The van der Waals surface area contributed by atoms with Gasteiger partial charge >= 0.3 is 5.97 Å². The van der Waals surface area contributed by atoms with Gasteiger partial charge in [0.1, 0.15) is 11.6 Å². The van der Waals surface area contributed by atoms with Crippen LogP contribution in [-0.4, -0.2) is 56.1 Å². The topological polar surface area (TPSA) is 149 Å². The van der Waals surface area contributed by atoms with Gasteiger partial charge in [-0.25, -0.2) is 9.97 Å². The molecule has 5 aromatic rings. The zero-order chi connectivity index (χ0) is 33.5. The number of aromatic nitrogens is 3. The minimum atomic E-state index is -0.740. The van der Waals surface area contributed by atoms with E-state index in [1.807, 2.05) is 61.0 Å². The summed E-state index contributed by atoms with van der Waals surface area (Å²) in [4.78, 5) is 36.3. The van der Waals surface area contributed by atoms with E-state index in [2.05, 4.69) is 26.6 Å². The number of hydrogen-bond acceptors (Lipinski definition) is 8. The van der Waals surface area contributed by atoms with Crippen molar-refractivity contribution in [3.63, 3.8) is 0 Å². The molecule has 1 fully saturated rings. The highest BCUT2D eigenvalue weighted by Gasteiger charge is 2.26. The molecule has 2 aliphatic heterocycles. The van der Waals surface area contributed by atoms with Gasteiger partial charge in [-0.05, 0) is 73.8 Å². The third-order valence-electron chi connectivity index (χ3n) is 9.45. The Kier molecular flexibility index (Phi) is 8.47. The van der Waals surface area contributed by atoms with Crippen molar-refractivity contribution in [2.45, 2.75) is 39.3 Å². The van der Waals surface area contributed by atoms with E-state index >= 15 is 0 Å². The summed E-state index contributed by atoms with van der Waals surface area (Å²) in [6.45, 7) is 5.41. The average Bonchev–Trinajstić information content (AvgIpc) is 3.67. The van der Waals surface area contributed by atoms with Gasteiger partial charge in [0.25, 0.3) is 5.91 Å². The summed E-state index contributed by atoms with van der Waals surface area (Å²) in [5.74, 6) is -0.659. The number of carbonyl (C=O) groups is 2. The van der Waals surface area contributed by atoms with Gasteiger partial charge in [0.05, 0.1) is 27.9 Å². The number of halogens is 1. The molecule has 0 bridgehead atoms. The normalized spacial score (nSPS) is 15.3. The van der Waals surface area contributed by atoms with Crippen LogP contribution >= 0.6 is 11.6 Å². The number of amides is 1. The van der Waals surface area contributed by atoms with Crippen LogP contribution in [0, 0.1) is 24.2 Å². The molecule has 3 aromatic carbocycles. The lowest BCUT2D eigenvalue weighted by Crippen LogP contribution is -2.35. The first kappa shape index (κ1) is 31.6. The lowest BCUT2D eigenvalue weighted by molar-refractivity contribution is -0.143. The van der Waals surface area contributed by atoms with Crippen molar-refractivity contribution < 1.29 is 19.1 Å². The number of oxazole rings is 1. The summed E-state index contributed by atoms with van der Waals surface area (Å²) >= 11 is 6.95. The Morgan fingerprint density at radius 3 is 2.62 bits per heavy atom. The van der Waals surface area contributed by atoms with Gasteiger partial charge in [0, 0.05) is 49.9 Å². The number of benzene rings is 3. The van der Waals surface area contributed by atoms with E-state index in [0.717, 1.165) is 52.2 Å². The lowest BCUT2D eigenvalue weighted by atomic mass is 9.96. The summed E-state index contributed by atoms with van der Waals surface area (Å²) in [5.41, 5.74) is 7.94. The number of carbonyl (C=O) groups excluding carboxylic acids is 1.